The Morgan fingerprint density at radius 1 is 1.15 bits per heavy atom. The fourth-order valence-electron chi connectivity index (χ4n) is 4.65. The largest absolute Gasteiger partial charge is 0.365 e. The van der Waals surface area contributed by atoms with E-state index >= 15 is 0 Å². The molecule has 0 unspecified atom stereocenters. The van der Waals surface area contributed by atoms with Crippen molar-refractivity contribution in [2.24, 2.45) is 0 Å². The van der Waals surface area contributed by atoms with E-state index in [1.54, 1.807) is 6.07 Å². The average molecular weight is 388 g/mol. The Kier molecular flexibility index (Phi) is 3.89. The molecule has 1 amide bonds. The van der Waals surface area contributed by atoms with E-state index in [9.17, 15) is 4.79 Å². The second-order valence-corrected chi connectivity index (χ2v) is 8.09. The Bertz CT molecular complexity index is 914. The Morgan fingerprint density at radius 2 is 2.04 bits per heavy atom. The zero-order chi connectivity index (χ0) is 17.8. The molecule has 1 fully saturated rings. The van der Waals surface area contributed by atoms with Crippen molar-refractivity contribution in [1.82, 2.24) is 5.32 Å². The Hall–Kier alpha value is -1.75. The number of nitrogens with one attached hydrogen (secondary N) is 2. The lowest BCUT2D eigenvalue weighted by molar-refractivity contribution is -0.116. The number of piperidine rings is 1. The number of nitrogens with zero attached hydrogens (tertiary/aromatic N) is 1. The number of carbonyl (C=O) groups is 1. The highest BCUT2D eigenvalue weighted by Gasteiger charge is 2.42. The zero-order valence-corrected chi connectivity index (χ0v) is 15.7. The van der Waals surface area contributed by atoms with Crippen molar-refractivity contribution in [1.29, 1.82) is 0 Å². The highest BCUT2D eigenvalue weighted by molar-refractivity contribution is 6.36. The summed E-state index contributed by atoms with van der Waals surface area (Å²) in [5.41, 5.74) is 5.37. The molecule has 26 heavy (non-hydrogen) atoms. The molecule has 0 saturated carbocycles. The minimum Gasteiger partial charge on any atom is -0.365 e. The zero-order valence-electron chi connectivity index (χ0n) is 14.2. The van der Waals surface area contributed by atoms with Gasteiger partial charge in [0, 0.05) is 47.1 Å². The van der Waals surface area contributed by atoms with Gasteiger partial charge in [0.1, 0.15) is 0 Å². The van der Waals surface area contributed by atoms with Crippen LogP contribution < -0.4 is 15.5 Å². The lowest BCUT2D eigenvalue weighted by atomic mass is 9.88. The molecule has 0 spiro atoms. The quantitative estimate of drug-likeness (QED) is 0.767. The van der Waals surface area contributed by atoms with Crippen LogP contribution in [0.4, 0.5) is 11.4 Å². The summed E-state index contributed by atoms with van der Waals surface area (Å²) in [6.07, 6.45) is 1.63. The van der Waals surface area contributed by atoms with Gasteiger partial charge in [-0.2, -0.15) is 0 Å². The molecule has 4 nitrogen and oxygen atoms in total. The third kappa shape index (κ3) is 2.51. The minimum absolute atomic E-state index is 0.0754. The SMILES string of the molecule is O=C1CCN2c3c(cc(-c4ccc(Cl)cc4Cl)cc3[C@@H]3CNCC[C@@H]32)N1. The number of carbonyl (C=O) groups excluding carboxylic acids is 1. The lowest BCUT2D eigenvalue weighted by Gasteiger charge is -2.33. The van der Waals surface area contributed by atoms with Gasteiger partial charge in [0.05, 0.1) is 11.4 Å². The molecule has 0 aromatic heterocycles. The van der Waals surface area contributed by atoms with Crippen molar-refractivity contribution in [3.63, 3.8) is 0 Å². The molecule has 6 heteroatoms. The summed E-state index contributed by atoms with van der Waals surface area (Å²) < 4.78 is 0. The fourth-order valence-corrected chi connectivity index (χ4v) is 5.17. The summed E-state index contributed by atoms with van der Waals surface area (Å²) in [6, 6.07) is 10.3. The third-order valence-corrected chi connectivity index (χ3v) is 6.32. The van der Waals surface area contributed by atoms with Crippen molar-refractivity contribution in [3.8, 4) is 11.1 Å². The molecule has 5 rings (SSSR count). The number of amides is 1. The van der Waals surface area contributed by atoms with Crippen LogP contribution in [0.25, 0.3) is 11.1 Å². The highest BCUT2D eigenvalue weighted by Crippen LogP contribution is 2.50. The monoisotopic (exact) mass is 387 g/mol. The van der Waals surface area contributed by atoms with Gasteiger partial charge in [0.15, 0.2) is 0 Å². The first-order valence-electron chi connectivity index (χ1n) is 9.02. The van der Waals surface area contributed by atoms with Gasteiger partial charge >= 0.3 is 0 Å². The van der Waals surface area contributed by atoms with Gasteiger partial charge in [0.2, 0.25) is 5.91 Å². The predicted molar refractivity (Wildman–Crippen MR) is 107 cm³/mol. The molecule has 2 aromatic rings. The van der Waals surface area contributed by atoms with Gasteiger partial charge in [-0.05, 0) is 48.4 Å². The lowest BCUT2D eigenvalue weighted by Crippen LogP contribution is -2.44. The maximum absolute atomic E-state index is 12.3. The smallest absolute Gasteiger partial charge is 0.226 e. The summed E-state index contributed by atoms with van der Waals surface area (Å²) in [4.78, 5) is 14.7. The van der Waals surface area contributed by atoms with Crippen LogP contribution in [0.2, 0.25) is 10.0 Å². The van der Waals surface area contributed by atoms with Gasteiger partial charge in [-0.25, -0.2) is 0 Å². The first kappa shape index (κ1) is 16.4. The molecular weight excluding hydrogens is 369 g/mol. The van der Waals surface area contributed by atoms with Crippen LogP contribution in [0.1, 0.15) is 24.3 Å². The maximum atomic E-state index is 12.3. The van der Waals surface area contributed by atoms with Crippen LogP contribution in [0, 0.1) is 0 Å². The molecule has 0 aliphatic carbocycles. The van der Waals surface area contributed by atoms with Crippen molar-refractivity contribution >= 4 is 40.5 Å². The summed E-state index contributed by atoms with van der Waals surface area (Å²) in [7, 11) is 0. The van der Waals surface area contributed by atoms with E-state index in [4.69, 9.17) is 23.2 Å². The molecule has 2 atom stereocenters. The van der Waals surface area contributed by atoms with Crippen molar-refractivity contribution in [2.45, 2.75) is 24.8 Å². The molecule has 0 radical (unpaired) electrons. The number of benzene rings is 2. The second kappa shape index (κ2) is 6.15. The predicted octanol–water partition coefficient (Wildman–Crippen LogP) is 4.27. The van der Waals surface area contributed by atoms with E-state index in [0.717, 1.165) is 42.9 Å². The van der Waals surface area contributed by atoms with Crippen molar-refractivity contribution < 1.29 is 4.79 Å². The molecular formula is C20H19Cl2N3O. The molecule has 3 aliphatic rings. The molecule has 0 bridgehead atoms. The Labute approximate surface area is 162 Å². The standard InChI is InChI=1S/C20H19Cl2N3O/c21-12-1-2-13(16(22)9-12)11-7-14-15-10-23-5-3-18(15)25-6-4-19(26)24-17(8-11)20(14)25/h1-2,7-9,15,18,23H,3-6,10H2,(H,24,26)/t15-,18-/m0/s1. The van der Waals surface area contributed by atoms with Crippen LogP contribution in [0.15, 0.2) is 30.3 Å². The molecule has 3 aliphatic heterocycles. The Balaban J connectivity index is 1.71. The van der Waals surface area contributed by atoms with Gasteiger partial charge in [-0.1, -0.05) is 29.3 Å². The second-order valence-electron chi connectivity index (χ2n) is 7.24. The normalized spacial score (nSPS) is 23.9. The third-order valence-electron chi connectivity index (χ3n) is 5.77. The molecule has 134 valence electrons. The van der Waals surface area contributed by atoms with E-state index in [1.807, 2.05) is 12.1 Å². The van der Waals surface area contributed by atoms with E-state index in [1.165, 1.54) is 11.3 Å². The van der Waals surface area contributed by atoms with Crippen molar-refractivity contribution in [3.05, 3.63) is 45.9 Å². The van der Waals surface area contributed by atoms with Crippen LogP contribution >= 0.6 is 23.2 Å². The van der Waals surface area contributed by atoms with Crippen LogP contribution in [-0.2, 0) is 4.79 Å². The van der Waals surface area contributed by atoms with E-state index in [0.29, 0.717) is 28.4 Å². The molecule has 2 N–H and O–H groups in total. The van der Waals surface area contributed by atoms with Gasteiger partial charge in [0.25, 0.3) is 0 Å². The first-order chi connectivity index (χ1) is 12.6. The van der Waals surface area contributed by atoms with E-state index in [-0.39, 0.29) is 5.91 Å². The van der Waals surface area contributed by atoms with Crippen LogP contribution in [0.3, 0.4) is 0 Å². The first-order valence-corrected chi connectivity index (χ1v) is 9.78. The van der Waals surface area contributed by atoms with E-state index < -0.39 is 0 Å². The number of fused-ring (bicyclic) bond motifs is 3. The maximum Gasteiger partial charge on any atom is 0.226 e. The summed E-state index contributed by atoms with van der Waals surface area (Å²) in [5, 5.41) is 7.88. The highest BCUT2D eigenvalue weighted by atomic mass is 35.5. The van der Waals surface area contributed by atoms with Crippen LogP contribution in [-0.4, -0.2) is 31.6 Å². The average Bonchev–Trinajstić information content (AvgIpc) is 2.83. The van der Waals surface area contributed by atoms with E-state index in [2.05, 4.69) is 27.7 Å². The topological polar surface area (TPSA) is 44.4 Å². The summed E-state index contributed by atoms with van der Waals surface area (Å²) in [6.45, 7) is 2.78. The molecule has 3 heterocycles. The number of hydrogen-bond acceptors (Lipinski definition) is 3. The number of hydrogen-bond donors (Lipinski definition) is 2. The number of halogens is 2. The van der Waals surface area contributed by atoms with Gasteiger partial charge in [-0.3, -0.25) is 4.79 Å². The van der Waals surface area contributed by atoms with Gasteiger partial charge < -0.3 is 15.5 Å². The number of rotatable bonds is 1. The summed E-state index contributed by atoms with van der Waals surface area (Å²) in [5.74, 6) is 0.518. The summed E-state index contributed by atoms with van der Waals surface area (Å²) >= 11 is 12.5. The molecule has 1 saturated heterocycles. The number of anilines is 2. The van der Waals surface area contributed by atoms with Crippen LogP contribution in [0.5, 0.6) is 0 Å². The fraction of sp³-hybridized carbons (Fsp3) is 0.350. The van der Waals surface area contributed by atoms with Gasteiger partial charge in [-0.15, -0.1) is 0 Å². The Morgan fingerprint density at radius 3 is 2.88 bits per heavy atom. The molecule has 2 aromatic carbocycles. The van der Waals surface area contributed by atoms with Crippen molar-refractivity contribution in [2.75, 3.05) is 29.9 Å². The minimum atomic E-state index is 0.0754.